The minimum absolute atomic E-state index is 0.0189. The first-order valence-corrected chi connectivity index (χ1v) is 9.56. The van der Waals surface area contributed by atoms with Gasteiger partial charge in [-0.25, -0.2) is 9.37 Å². The summed E-state index contributed by atoms with van der Waals surface area (Å²) in [4.78, 5) is 29.8. The molecule has 1 aromatic heterocycles. The van der Waals surface area contributed by atoms with E-state index >= 15 is 0 Å². The molecule has 0 radical (unpaired) electrons. The lowest BCUT2D eigenvalue weighted by atomic mass is 10.1. The lowest BCUT2D eigenvalue weighted by Gasteiger charge is -2.15. The van der Waals surface area contributed by atoms with Crippen LogP contribution in [-0.2, 0) is 17.9 Å². The topological polar surface area (TPSA) is 64.0 Å². The first-order valence-electron chi connectivity index (χ1n) is 8.81. The number of rotatable bonds is 5. The van der Waals surface area contributed by atoms with Crippen molar-refractivity contribution >= 4 is 29.1 Å². The largest absolute Gasteiger partial charge is 0.350 e. The molecule has 0 saturated carbocycles. The summed E-state index contributed by atoms with van der Waals surface area (Å²) in [5, 5.41) is 3.19. The van der Waals surface area contributed by atoms with Crippen LogP contribution in [0.2, 0.25) is 10.0 Å². The minimum atomic E-state index is -0.527. The zero-order valence-electron chi connectivity index (χ0n) is 15.8. The van der Waals surface area contributed by atoms with Crippen LogP contribution in [-0.4, -0.2) is 15.5 Å². The van der Waals surface area contributed by atoms with Gasteiger partial charge >= 0.3 is 0 Å². The van der Waals surface area contributed by atoms with Crippen LogP contribution in [0.3, 0.4) is 0 Å². The molecule has 2 aromatic carbocycles. The number of carbonyl (C=O) groups excluding carboxylic acids is 1. The van der Waals surface area contributed by atoms with Crippen LogP contribution >= 0.6 is 23.2 Å². The lowest BCUT2D eigenvalue weighted by Crippen LogP contribution is -2.34. The predicted molar refractivity (Wildman–Crippen MR) is 112 cm³/mol. The van der Waals surface area contributed by atoms with Crippen molar-refractivity contribution in [1.82, 2.24) is 14.9 Å². The van der Waals surface area contributed by atoms with Gasteiger partial charge in [0.1, 0.15) is 18.2 Å². The van der Waals surface area contributed by atoms with Crippen molar-refractivity contribution in [2.45, 2.75) is 26.9 Å². The Labute approximate surface area is 177 Å². The van der Waals surface area contributed by atoms with Crippen molar-refractivity contribution in [2.75, 3.05) is 0 Å². The highest BCUT2D eigenvalue weighted by molar-refractivity contribution is 6.31. The van der Waals surface area contributed by atoms with E-state index in [0.717, 1.165) is 0 Å². The zero-order valence-corrected chi connectivity index (χ0v) is 17.3. The van der Waals surface area contributed by atoms with Crippen molar-refractivity contribution in [1.29, 1.82) is 0 Å². The maximum absolute atomic E-state index is 13.3. The van der Waals surface area contributed by atoms with Gasteiger partial charge in [0.2, 0.25) is 5.91 Å². The van der Waals surface area contributed by atoms with Gasteiger partial charge in [-0.1, -0.05) is 41.4 Å². The Morgan fingerprint density at radius 1 is 1.17 bits per heavy atom. The lowest BCUT2D eigenvalue weighted by molar-refractivity contribution is -0.121. The first-order chi connectivity index (χ1) is 13.8. The van der Waals surface area contributed by atoms with Gasteiger partial charge in [-0.15, -0.1) is 0 Å². The molecule has 0 atom stereocenters. The Bertz CT molecular complexity index is 1150. The summed E-state index contributed by atoms with van der Waals surface area (Å²) in [7, 11) is 0. The molecule has 1 N–H and O–H groups in total. The van der Waals surface area contributed by atoms with Crippen LogP contribution in [0, 0.1) is 19.7 Å². The molecular weight excluding hydrogens is 416 g/mol. The predicted octanol–water partition coefficient (Wildman–Crippen LogP) is 4.29. The molecule has 8 heteroatoms. The number of halogens is 3. The molecule has 0 spiro atoms. The number of carbonyl (C=O) groups is 1. The van der Waals surface area contributed by atoms with Gasteiger partial charge < -0.3 is 5.32 Å². The van der Waals surface area contributed by atoms with Gasteiger partial charge in [-0.2, -0.15) is 0 Å². The highest BCUT2D eigenvalue weighted by Crippen LogP contribution is 2.21. The molecule has 3 aromatic rings. The fourth-order valence-corrected chi connectivity index (χ4v) is 3.19. The number of aromatic nitrogens is 2. The van der Waals surface area contributed by atoms with E-state index in [1.807, 2.05) is 0 Å². The van der Waals surface area contributed by atoms with Gasteiger partial charge in [-0.05, 0) is 43.7 Å². The molecule has 1 amide bonds. The number of benzene rings is 2. The summed E-state index contributed by atoms with van der Waals surface area (Å²) in [6, 6.07) is 11.1. The summed E-state index contributed by atoms with van der Waals surface area (Å²) in [5.74, 6) is -0.554. The number of nitrogens with zero attached hydrogens (tertiary/aromatic N) is 2. The van der Waals surface area contributed by atoms with Gasteiger partial charge in [-0.3, -0.25) is 14.2 Å². The summed E-state index contributed by atoms with van der Waals surface area (Å²) < 4.78 is 14.6. The van der Waals surface area contributed by atoms with Crippen LogP contribution in [0.5, 0.6) is 0 Å². The molecule has 0 saturated heterocycles. The van der Waals surface area contributed by atoms with Crippen molar-refractivity contribution in [3.63, 3.8) is 0 Å². The average Bonchev–Trinajstić information content (AvgIpc) is 2.69. The number of hydrogen-bond acceptors (Lipinski definition) is 3. The van der Waals surface area contributed by atoms with E-state index in [9.17, 15) is 14.0 Å². The van der Waals surface area contributed by atoms with Crippen molar-refractivity contribution < 1.29 is 9.18 Å². The maximum Gasteiger partial charge on any atom is 0.257 e. The number of nitrogens with one attached hydrogen (secondary N) is 1. The molecule has 5 nitrogen and oxygen atoms in total. The average molecular weight is 434 g/mol. The fraction of sp³-hybridized carbons (Fsp3) is 0.190. The highest BCUT2D eigenvalue weighted by atomic mass is 35.5. The Hall–Kier alpha value is -2.70. The fourth-order valence-electron chi connectivity index (χ4n) is 2.80. The summed E-state index contributed by atoms with van der Waals surface area (Å²) in [6.07, 6.45) is 0. The molecule has 150 valence electrons. The highest BCUT2D eigenvalue weighted by Gasteiger charge is 2.16. The normalized spacial score (nSPS) is 10.8. The summed E-state index contributed by atoms with van der Waals surface area (Å²) in [5.41, 5.74) is 2.03. The molecule has 0 aliphatic heterocycles. The van der Waals surface area contributed by atoms with E-state index in [1.165, 1.54) is 22.8 Å². The van der Waals surface area contributed by atoms with E-state index < -0.39 is 5.82 Å². The van der Waals surface area contributed by atoms with Crippen LogP contribution in [0.1, 0.15) is 16.8 Å². The minimum Gasteiger partial charge on any atom is -0.350 e. The SMILES string of the molecule is Cc1nc(-c2cccc(Cl)c2)n(CC(=O)NCc2ccc(F)c(Cl)c2)c(=O)c1C. The van der Waals surface area contributed by atoms with Gasteiger partial charge in [0, 0.05) is 28.4 Å². The van der Waals surface area contributed by atoms with Gasteiger partial charge in [0.05, 0.1) is 5.02 Å². The second-order valence-electron chi connectivity index (χ2n) is 6.57. The van der Waals surface area contributed by atoms with Crippen molar-refractivity contribution in [3.05, 3.63) is 85.5 Å². The van der Waals surface area contributed by atoms with E-state index in [1.54, 1.807) is 38.1 Å². The third kappa shape index (κ3) is 4.83. The van der Waals surface area contributed by atoms with Crippen molar-refractivity contribution in [2.24, 2.45) is 0 Å². The van der Waals surface area contributed by atoms with E-state index in [2.05, 4.69) is 10.3 Å². The molecule has 3 rings (SSSR count). The van der Waals surface area contributed by atoms with Crippen LogP contribution in [0.4, 0.5) is 4.39 Å². The molecule has 0 aliphatic rings. The smallest absolute Gasteiger partial charge is 0.257 e. The van der Waals surface area contributed by atoms with E-state index in [0.29, 0.717) is 33.2 Å². The number of hydrogen-bond donors (Lipinski definition) is 1. The van der Waals surface area contributed by atoms with Gasteiger partial charge in [0.25, 0.3) is 5.56 Å². The van der Waals surface area contributed by atoms with Gasteiger partial charge in [0.15, 0.2) is 0 Å². The Kier molecular flexibility index (Phi) is 6.35. The van der Waals surface area contributed by atoms with Crippen LogP contribution in [0.25, 0.3) is 11.4 Å². The third-order valence-electron chi connectivity index (χ3n) is 4.50. The summed E-state index contributed by atoms with van der Waals surface area (Å²) >= 11 is 11.8. The maximum atomic E-state index is 13.3. The third-order valence-corrected chi connectivity index (χ3v) is 5.02. The standard InChI is InChI=1S/C21H18Cl2FN3O2/c1-12-13(2)26-20(15-4-3-5-16(22)9-15)27(21(12)29)11-19(28)25-10-14-6-7-18(24)17(23)8-14/h3-9H,10-11H2,1-2H3,(H,25,28). The van der Waals surface area contributed by atoms with E-state index in [-0.39, 0.29) is 29.6 Å². The second kappa shape index (κ2) is 8.76. The van der Waals surface area contributed by atoms with Crippen LogP contribution < -0.4 is 10.9 Å². The Morgan fingerprint density at radius 2 is 1.93 bits per heavy atom. The molecular formula is C21H18Cl2FN3O2. The monoisotopic (exact) mass is 433 g/mol. The van der Waals surface area contributed by atoms with Crippen molar-refractivity contribution in [3.8, 4) is 11.4 Å². The molecule has 0 unspecified atom stereocenters. The number of aryl methyl sites for hydroxylation is 1. The molecule has 0 aliphatic carbocycles. The number of amides is 1. The van der Waals surface area contributed by atoms with Crippen LogP contribution in [0.15, 0.2) is 47.3 Å². The second-order valence-corrected chi connectivity index (χ2v) is 7.42. The molecule has 0 bridgehead atoms. The quantitative estimate of drug-likeness (QED) is 0.652. The molecule has 1 heterocycles. The Morgan fingerprint density at radius 3 is 2.62 bits per heavy atom. The zero-order chi connectivity index (χ0) is 21.1. The van der Waals surface area contributed by atoms with E-state index in [4.69, 9.17) is 23.2 Å². The Balaban J connectivity index is 1.87. The molecule has 0 fully saturated rings. The molecule has 29 heavy (non-hydrogen) atoms. The first kappa shape index (κ1) is 21.0. The summed E-state index contributed by atoms with van der Waals surface area (Å²) in [6.45, 7) is 3.34.